The Morgan fingerprint density at radius 1 is 1.00 bits per heavy atom. The molecule has 0 saturated heterocycles. The number of carbonyl (C=O) groups excluding carboxylic acids is 1. The van der Waals surface area contributed by atoms with E-state index in [4.69, 9.17) is 21.2 Å². The third-order valence-corrected chi connectivity index (χ3v) is 2.75. The van der Waals surface area contributed by atoms with Crippen LogP contribution in [-0.4, -0.2) is 13.0 Å². The highest BCUT2D eigenvalue weighted by Gasteiger charge is 2.04. The van der Waals surface area contributed by atoms with Crippen molar-refractivity contribution in [3.05, 3.63) is 59.1 Å². The number of hydrogen-bond donors (Lipinski definition) is 2. The number of hydrogen-bond acceptors (Lipinski definition) is 4. The molecule has 20 heavy (non-hydrogen) atoms. The summed E-state index contributed by atoms with van der Waals surface area (Å²) in [7, 11) is 1.58. The van der Waals surface area contributed by atoms with Crippen molar-refractivity contribution < 1.29 is 14.4 Å². The van der Waals surface area contributed by atoms with Gasteiger partial charge in [0.1, 0.15) is 11.5 Å². The van der Waals surface area contributed by atoms with Crippen LogP contribution in [0.1, 0.15) is 10.4 Å². The van der Waals surface area contributed by atoms with E-state index >= 15 is 0 Å². The molecular formula is C14H13ClN2O3. The number of carbonyl (C=O) groups is 1. The molecular weight excluding hydrogens is 280 g/mol. The zero-order valence-corrected chi connectivity index (χ0v) is 11.5. The predicted octanol–water partition coefficient (Wildman–Crippen LogP) is 2.58. The number of amides is 1. The number of rotatable bonds is 5. The Kier molecular flexibility index (Phi) is 4.81. The monoisotopic (exact) mass is 292 g/mol. The number of halogens is 1. The van der Waals surface area contributed by atoms with E-state index in [1.807, 2.05) is 0 Å². The average Bonchev–Trinajstić information content (AvgIpc) is 2.48. The smallest absolute Gasteiger partial charge is 0.267 e. The molecule has 104 valence electrons. The number of methoxy groups -OCH3 is 1. The fourth-order valence-corrected chi connectivity index (χ4v) is 1.57. The van der Waals surface area contributed by atoms with E-state index in [1.165, 1.54) is 0 Å². The molecule has 0 fully saturated rings. The average molecular weight is 293 g/mol. The summed E-state index contributed by atoms with van der Waals surface area (Å²) in [5, 5.41) is 0.573. The van der Waals surface area contributed by atoms with Crippen molar-refractivity contribution in [2.45, 2.75) is 0 Å². The third kappa shape index (κ3) is 3.88. The van der Waals surface area contributed by atoms with Crippen LogP contribution < -0.4 is 20.6 Å². The molecule has 0 aliphatic rings. The second kappa shape index (κ2) is 6.79. The highest BCUT2D eigenvalue weighted by Crippen LogP contribution is 2.16. The largest absolute Gasteiger partial charge is 0.497 e. The molecule has 6 heteroatoms. The first-order valence-corrected chi connectivity index (χ1v) is 6.18. The molecule has 0 atom stereocenters. The minimum absolute atomic E-state index is 0.324. The summed E-state index contributed by atoms with van der Waals surface area (Å²) in [5.74, 6) is 0.944. The summed E-state index contributed by atoms with van der Waals surface area (Å²) < 4.78 is 5.02. The van der Waals surface area contributed by atoms with Crippen molar-refractivity contribution in [2.75, 3.05) is 7.11 Å². The lowest BCUT2D eigenvalue weighted by atomic mass is 10.2. The molecule has 0 unspecified atom stereocenters. The molecule has 2 N–H and O–H groups in total. The van der Waals surface area contributed by atoms with Crippen LogP contribution in [0.4, 0.5) is 0 Å². The van der Waals surface area contributed by atoms with Gasteiger partial charge >= 0.3 is 0 Å². The van der Waals surface area contributed by atoms with Crippen molar-refractivity contribution in [3.63, 3.8) is 0 Å². The van der Waals surface area contributed by atoms with Crippen LogP contribution in [0.25, 0.3) is 0 Å². The van der Waals surface area contributed by atoms with Crippen LogP contribution in [0, 0.1) is 0 Å². The number of ether oxygens (including phenoxy) is 1. The van der Waals surface area contributed by atoms with E-state index in [0.717, 1.165) is 5.75 Å². The van der Waals surface area contributed by atoms with Gasteiger partial charge in [0.25, 0.3) is 5.91 Å². The first-order valence-electron chi connectivity index (χ1n) is 5.81. The summed E-state index contributed by atoms with van der Waals surface area (Å²) in [6.45, 7) is 0. The standard InChI is InChI=1S/C14H13ClN2O3/c1-19-12-6-8-13(9-7-12)20-17-16-14(18)10-2-4-11(15)5-3-10/h2-9,17H,1H3,(H,16,18). The van der Waals surface area contributed by atoms with Crippen LogP contribution in [0.15, 0.2) is 48.5 Å². The molecule has 0 radical (unpaired) electrons. The summed E-state index contributed by atoms with van der Waals surface area (Å²) >= 11 is 5.74. The molecule has 0 heterocycles. The van der Waals surface area contributed by atoms with Crippen LogP contribution in [0.2, 0.25) is 5.02 Å². The van der Waals surface area contributed by atoms with Crippen LogP contribution in [0.3, 0.4) is 0 Å². The van der Waals surface area contributed by atoms with Gasteiger partial charge in [-0.25, -0.2) is 0 Å². The Balaban J connectivity index is 1.82. The van der Waals surface area contributed by atoms with E-state index < -0.39 is 0 Å². The number of benzene rings is 2. The van der Waals surface area contributed by atoms with Crippen molar-refractivity contribution >= 4 is 17.5 Å². The maximum Gasteiger partial charge on any atom is 0.267 e. The minimum atomic E-state index is -0.324. The zero-order valence-electron chi connectivity index (χ0n) is 10.7. The quantitative estimate of drug-likeness (QED) is 0.832. The lowest BCUT2D eigenvalue weighted by Crippen LogP contribution is -2.39. The Hall–Kier alpha value is -2.24. The van der Waals surface area contributed by atoms with Gasteiger partial charge in [0.15, 0.2) is 0 Å². The molecule has 5 nitrogen and oxygen atoms in total. The SMILES string of the molecule is COc1ccc(ONNC(=O)c2ccc(Cl)cc2)cc1. The maximum atomic E-state index is 11.7. The topological polar surface area (TPSA) is 59.6 Å². The van der Waals surface area contributed by atoms with Crippen LogP contribution >= 0.6 is 11.6 Å². The van der Waals surface area contributed by atoms with Gasteiger partial charge in [-0.3, -0.25) is 10.2 Å². The second-order valence-corrected chi connectivity index (χ2v) is 4.28. The Morgan fingerprint density at radius 3 is 2.20 bits per heavy atom. The molecule has 0 saturated carbocycles. The summed E-state index contributed by atoms with van der Waals surface area (Å²) in [5.41, 5.74) is 5.26. The van der Waals surface area contributed by atoms with Crippen LogP contribution in [0.5, 0.6) is 11.5 Å². The molecule has 2 rings (SSSR count). The fraction of sp³-hybridized carbons (Fsp3) is 0.0714. The summed E-state index contributed by atoms with van der Waals surface area (Å²) in [4.78, 5) is 16.9. The van der Waals surface area contributed by atoms with Crippen molar-refractivity contribution in [1.29, 1.82) is 0 Å². The van der Waals surface area contributed by atoms with Gasteiger partial charge < -0.3 is 9.57 Å². The molecule has 0 bridgehead atoms. The molecule has 0 spiro atoms. The normalized spacial score (nSPS) is 9.90. The molecule has 2 aromatic rings. The fourth-order valence-electron chi connectivity index (χ4n) is 1.45. The Morgan fingerprint density at radius 2 is 1.60 bits per heavy atom. The molecule has 0 aromatic heterocycles. The Bertz CT molecular complexity index is 570. The summed E-state index contributed by atoms with van der Waals surface area (Å²) in [6, 6.07) is 13.4. The molecule has 0 aliphatic carbocycles. The first kappa shape index (κ1) is 14.2. The highest BCUT2D eigenvalue weighted by molar-refractivity contribution is 6.30. The van der Waals surface area contributed by atoms with Crippen molar-refractivity contribution in [3.8, 4) is 11.5 Å². The lowest BCUT2D eigenvalue weighted by Gasteiger charge is -2.09. The molecule has 0 aliphatic heterocycles. The van der Waals surface area contributed by atoms with Gasteiger partial charge in [-0.15, -0.1) is 0 Å². The van der Waals surface area contributed by atoms with Gasteiger partial charge in [-0.1, -0.05) is 17.2 Å². The zero-order chi connectivity index (χ0) is 14.4. The van der Waals surface area contributed by atoms with Gasteiger partial charge in [0.05, 0.1) is 7.11 Å². The van der Waals surface area contributed by atoms with Crippen molar-refractivity contribution in [1.82, 2.24) is 11.0 Å². The van der Waals surface area contributed by atoms with Crippen LogP contribution in [-0.2, 0) is 0 Å². The van der Waals surface area contributed by atoms with E-state index in [-0.39, 0.29) is 5.91 Å². The van der Waals surface area contributed by atoms with Gasteiger partial charge in [0, 0.05) is 10.6 Å². The van der Waals surface area contributed by atoms with Crippen molar-refractivity contribution in [2.24, 2.45) is 0 Å². The highest BCUT2D eigenvalue weighted by atomic mass is 35.5. The Labute approximate surface area is 121 Å². The number of hydrazine groups is 1. The van der Waals surface area contributed by atoms with E-state index in [2.05, 4.69) is 11.0 Å². The minimum Gasteiger partial charge on any atom is -0.497 e. The molecule has 1 amide bonds. The van der Waals surface area contributed by atoms with E-state index in [9.17, 15) is 4.79 Å². The van der Waals surface area contributed by atoms with Gasteiger partial charge in [-0.05, 0) is 48.5 Å². The number of nitrogens with one attached hydrogen (secondary N) is 2. The predicted molar refractivity (Wildman–Crippen MR) is 75.7 cm³/mol. The van der Waals surface area contributed by atoms with E-state index in [1.54, 1.807) is 55.6 Å². The molecule has 2 aromatic carbocycles. The maximum absolute atomic E-state index is 11.7. The first-order chi connectivity index (χ1) is 9.69. The summed E-state index contributed by atoms with van der Waals surface area (Å²) in [6.07, 6.45) is 0. The third-order valence-electron chi connectivity index (χ3n) is 2.50. The second-order valence-electron chi connectivity index (χ2n) is 3.84. The van der Waals surface area contributed by atoms with E-state index in [0.29, 0.717) is 16.3 Å². The lowest BCUT2D eigenvalue weighted by molar-refractivity contribution is 0.0793. The van der Waals surface area contributed by atoms with Gasteiger partial charge in [0.2, 0.25) is 0 Å². The van der Waals surface area contributed by atoms with Gasteiger partial charge in [-0.2, -0.15) is 0 Å².